The number of rotatable bonds is 1. The van der Waals surface area contributed by atoms with E-state index in [-0.39, 0.29) is 11.5 Å². The molecule has 0 unspecified atom stereocenters. The van der Waals surface area contributed by atoms with Crippen molar-refractivity contribution in [3.05, 3.63) is 28.6 Å². The summed E-state index contributed by atoms with van der Waals surface area (Å²) in [6.07, 6.45) is 2.87. The molecule has 0 saturated carbocycles. The second-order valence-corrected chi connectivity index (χ2v) is 3.38. The molecule has 0 radical (unpaired) electrons. The van der Waals surface area contributed by atoms with Crippen LogP contribution in [0.1, 0.15) is 25.5 Å². The van der Waals surface area contributed by atoms with Gasteiger partial charge in [-0.3, -0.25) is 4.79 Å². The molecule has 2 aromatic heterocycles. The van der Waals surface area contributed by atoms with Gasteiger partial charge in [-0.1, -0.05) is 13.8 Å². The molecule has 0 aromatic carbocycles. The highest BCUT2D eigenvalue weighted by atomic mass is 16.1. The van der Waals surface area contributed by atoms with Gasteiger partial charge in [-0.05, 0) is 5.92 Å². The number of aromatic amines is 1. The third-order valence-electron chi connectivity index (χ3n) is 2.03. The van der Waals surface area contributed by atoms with Gasteiger partial charge in [-0.2, -0.15) is 10.2 Å². The summed E-state index contributed by atoms with van der Waals surface area (Å²) in [4.78, 5) is 18.1. The van der Waals surface area contributed by atoms with E-state index in [1.165, 1.54) is 12.5 Å². The average molecular weight is 190 g/mol. The van der Waals surface area contributed by atoms with Crippen LogP contribution in [0.25, 0.3) is 10.9 Å². The molecular formula is C9H10N4O. The SMILES string of the molecule is CC(C)c1nncc2nc[nH]c(=O)c12. The van der Waals surface area contributed by atoms with E-state index in [0.717, 1.165) is 0 Å². The third-order valence-corrected chi connectivity index (χ3v) is 2.03. The van der Waals surface area contributed by atoms with E-state index in [1.54, 1.807) is 0 Å². The summed E-state index contributed by atoms with van der Waals surface area (Å²) >= 11 is 0. The number of H-pyrrole nitrogens is 1. The summed E-state index contributed by atoms with van der Waals surface area (Å²) in [6, 6.07) is 0. The lowest BCUT2D eigenvalue weighted by Gasteiger charge is -2.04. The zero-order valence-corrected chi connectivity index (χ0v) is 7.98. The van der Waals surface area contributed by atoms with Crippen molar-refractivity contribution in [1.82, 2.24) is 20.2 Å². The zero-order chi connectivity index (χ0) is 10.1. The van der Waals surface area contributed by atoms with Crippen LogP contribution in [-0.4, -0.2) is 20.2 Å². The molecule has 0 aliphatic carbocycles. The highest BCUT2D eigenvalue weighted by molar-refractivity contribution is 5.78. The van der Waals surface area contributed by atoms with Gasteiger partial charge in [0.05, 0.1) is 29.1 Å². The number of nitrogens with zero attached hydrogens (tertiary/aromatic N) is 3. The van der Waals surface area contributed by atoms with E-state index in [0.29, 0.717) is 16.6 Å². The van der Waals surface area contributed by atoms with Gasteiger partial charge in [0, 0.05) is 0 Å². The molecule has 2 rings (SSSR count). The largest absolute Gasteiger partial charge is 0.313 e. The number of aromatic nitrogens is 4. The van der Waals surface area contributed by atoms with Crippen molar-refractivity contribution in [2.45, 2.75) is 19.8 Å². The summed E-state index contributed by atoms with van der Waals surface area (Å²) in [5, 5.41) is 8.31. The maximum atomic E-state index is 11.5. The lowest BCUT2D eigenvalue weighted by atomic mass is 10.1. The Kier molecular flexibility index (Phi) is 1.99. The van der Waals surface area contributed by atoms with Crippen LogP contribution < -0.4 is 5.56 Å². The summed E-state index contributed by atoms with van der Waals surface area (Å²) in [5.41, 5.74) is 1.12. The normalized spacial score (nSPS) is 11.1. The van der Waals surface area contributed by atoms with Gasteiger partial charge in [0.2, 0.25) is 0 Å². The van der Waals surface area contributed by atoms with E-state index in [2.05, 4.69) is 20.2 Å². The van der Waals surface area contributed by atoms with Crippen LogP contribution in [0.15, 0.2) is 17.3 Å². The standard InChI is InChI=1S/C9H10N4O/c1-5(2)8-7-6(3-12-13-8)10-4-11-9(7)14/h3-5H,1-2H3,(H,10,11,14). The fourth-order valence-corrected chi connectivity index (χ4v) is 1.36. The Hall–Kier alpha value is -1.78. The van der Waals surface area contributed by atoms with E-state index in [4.69, 9.17) is 0 Å². The minimum Gasteiger partial charge on any atom is -0.313 e. The maximum Gasteiger partial charge on any atom is 0.260 e. The van der Waals surface area contributed by atoms with Gasteiger partial charge >= 0.3 is 0 Å². The predicted octanol–water partition coefficient (Wildman–Crippen LogP) is 0.837. The highest BCUT2D eigenvalue weighted by Gasteiger charge is 2.10. The number of fused-ring (bicyclic) bond motifs is 1. The van der Waals surface area contributed by atoms with Crippen molar-refractivity contribution in [3.63, 3.8) is 0 Å². The van der Waals surface area contributed by atoms with Crippen LogP contribution in [0.2, 0.25) is 0 Å². The first-order chi connectivity index (χ1) is 6.70. The second-order valence-electron chi connectivity index (χ2n) is 3.38. The number of hydrogen-bond donors (Lipinski definition) is 1. The van der Waals surface area contributed by atoms with Crippen LogP contribution in [-0.2, 0) is 0 Å². The average Bonchev–Trinajstić information content (AvgIpc) is 2.17. The fourth-order valence-electron chi connectivity index (χ4n) is 1.36. The smallest absolute Gasteiger partial charge is 0.260 e. The molecule has 5 nitrogen and oxygen atoms in total. The van der Waals surface area contributed by atoms with Crippen LogP contribution in [0.5, 0.6) is 0 Å². The van der Waals surface area contributed by atoms with Gasteiger partial charge in [0.1, 0.15) is 0 Å². The molecule has 0 aliphatic rings. The second kappa shape index (κ2) is 3.17. The van der Waals surface area contributed by atoms with E-state index < -0.39 is 0 Å². The minimum atomic E-state index is -0.159. The van der Waals surface area contributed by atoms with Crippen molar-refractivity contribution in [2.75, 3.05) is 0 Å². The molecule has 0 spiro atoms. The highest BCUT2D eigenvalue weighted by Crippen LogP contribution is 2.16. The number of nitrogens with one attached hydrogen (secondary N) is 1. The van der Waals surface area contributed by atoms with Crippen LogP contribution in [0.3, 0.4) is 0 Å². The summed E-state index contributed by atoms with van der Waals surface area (Å²) in [5.74, 6) is 0.163. The van der Waals surface area contributed by atoms with Gasteiger partial charge in [-0.15, -0.1) is 0 Å². The molecule has 2 aromatic rings. The van der Waals surface area contributed by atoms with E-state index in [1.807, 2.05) is 13.8 Å². The van der Waals surface area contributed by atoms with Crippen molar-refractivity contribution in [2.24, 2.45) is 0 Å². The third kappa shape index (κ3) is 1.26. The van der Waals surface area contributed by atoms with Crippen LogP contribution in [0.4, 0.5) is 0 Å². The van der Waals surface area contributed by atoms with Crippen LogP contribution in [0, 0.1) is 0 Å². The van der Waals surface area contributed by atoms with E-state index >= 15 is 0 Å². The quantitative estimate of drug-likeness (QED) is 0.723. The van der Waals surface area contributed by atoms with Gasteiger partial charge in [-0.25, -0.2) is 4.98 Å². The zero-order valence-electron chi connectivity index (χ0n) is 7.98. The summed E-state index contributed by atoms with van der Waals surface area (Å²) in [7, 11) is 0. The molecule has 72 valence electrons. The van der Waals surface area contributed by atoms with E-state index in [9.17, 15) is 4.79 Å². The Morgan fingerprint density at radius 3 is 2.93 bits per heavy atom. The first-order valence-electron chi connectivity index (χ1n) is 4.39. The Morgan fingerprint density at radius 1 is 1.43 bits per heavy atom. The maximum absolute atomic E-state index is 11.5. The van der Waals surface area contributed by atoms with Crippen LogP contribution >= 0.6 is 0 Å². The summed E-state index contributed by atoms with van der Waals surface area (Å²) in [6.45, 7) is 3.94. The van der Waals surface area contributed by atoms with Crippen molar-refractivity contribution >= 4 is 10.9 Å². The molecule has 0 aliphatic heterocycles. The Bertz CT molecular complexity index is 512. The number of hydrogen-bond acceptors (Lipinski definition) is 4. The van der Waals surface area contributed by atoms with Crippen molar-refractivity contribution < 1.29 is 0 Å². The monoisotopic (exact) mass is 190 g/mol. The first-order valence-corrected chi connectivity index (χ1v) is 4.39. The molecule has 2 heterocycles. The molecule has 1 N–H and O–H groups in total. The predicted molar refractivity (Wildman–Crippen MR) is 52.0 cm³/mol. The molecular weight excluding hydrogens is 180 g/mol. The molecule has 0 amide bonds. The lowest BCUT2D eigenvalue weighted by Crippen LogP contribution is -2.11. The fraction of sp³-hybridized carbons (Fsp3) is 0.333. The van der Waals surface area contributed by atoms with Gasteiger partial charge in [0.25, 0.3) is 5.56 Å². The summed E-state index contributed by atoms with van der Waals surface area (Å²) < 4.78 is 0. The molecule has 14 heavy (non-hydrogen) atoms. The molecule has 0 bridgehead atoms. The molecule has 0 fully saturated rings. The van der Waals surface area contributed by atoms with Crippen molar-refractivity contribution in [1.29, 1.82) is 0 Å². The Balaban J connectivity index is 2.91. The first kappa shape index (κ1) is 8.80. The van der Waals surface area contributed by atoms with Gasteiger partial charge in [0.15, 0.2) is 0 Å². The Labute approximate surface area is 80.2 Å². The Morgan fingerprint density at radius 2 is 2.21 bits per heavy atom. The lowest BCUT2D eigenvalue weighted by molar-refractivity contribution is 0.795. The molecule has 0 saturated heterocycles. The molecule has 5 heteroatoms. The topological polar surface area (TPSA) is 71.5 Å². The minimum absolute atomic E-state index is 0.159. The molecule has 0 atom stereocenters. The van der Waals surface area contributed by atoms with Gasteiger partial charge < -0.3 is 4.98 Å². The van der Waals surface area contributed by atoms with Crippen molar-refractivity contribution in [3.8, 4) is 0 Å².